The van der Waals surface area contributed by atoms with E-state index in [4.69, 9.17) is 21.3 Å². The first kappa shape index (κ1) is 20.4. The van der Waals surface area contributed by atoms with Crippen molar-refractivity contribution in [3.8, 4) is 0 Å². The minimum absolute atomic E-state index is 0.0497. The predicted octanol–water partition coefficient (Wildman–Crippen LogP) is 3.51. The van der Waals surface area contributed by atoms with Crippen LogP contribution in [0.1, 0.15) is 30.9 Å². The van der Waals surface area contributed by atoms with E-state index in [1.165, 1.54) is 11.8 Å². The first-order valence-corrected chi connectivity index (χ1v) is 11.4. The van der Waals surface area contributed by atoms with Crippen LogP contribution in [0.3, 0.4) is 0 Å². The molecule has 1 atom stereocenters. The summed E-state index contributed by atoms with van der Waals surface area (Å²) in [5.74, 6) is 1.66. The summed E-state index contributed by atoms with van der Waals surface area (Å²) in [4.78, 5) is 24.8. The van der Waals surface area contributed by atoms with E-state index in [1.54, 1.807) is 0 Å². The lowest BCUT2D eigenvalue weighted by atomic mass is 9.96. The SMILES string of the molecule is O=C(CSc1ccc(Cl)cc1)NC1CCN(c2nccc(C3CCOCC3)n2)C1. The van der Waals surface area contributed by atoms with Crippen molar-refractivity contribution in [2.24, 2.45) is 0 Å². The smallest absolute Gasteiger partial charge is 0.230 e. The molecule has 1 N–H and O–H groups in total. The lowest BCUT2D eigenvalue weighted by Crippen LogP contribution is -2.38. The summed E-state index contributed by atoms with van der Waals surface area (Å²) in [5.41, 5.74) is 1.10. The molecule has 6 nitrogen and oxygen atoms in total. The molecule has 0 aliphatic carbocycles. The lowest BCUT2D eigenvalue weighted by Gasteiger charge is -2.23. The molecule has 1 aromatic carbocycles. The van der Waals surface area contributed by atoms with Crippen molar-refractivity contribution in [3.05, 3.63) is 47.2 Å². The van der Waals surface area contributed by atoms with Gasteiger partial charge in [-0.15, -0.1) is 11.8 Å². The van der Waals surface area contributed by atoms with Crippen LogP contribution in [0.2, 0.25) is 5.02 Å². The van der Waals surface area contributed by atoms with Gasteiger partial charge in [-0.3, -0.25) is 4.79 Å². The van der Waals surface area contributed by atoms with Crippen molar-refractivity contribution in [1.29, 1.82) is 0 Å². The van der Waals surface area contributed by atoms with Gasteiger partial charge in [0.05, 0.1) is 5.75 Å². The Hall–Kier alpha value is -1.83. The molecule has 0 saturated carbocycles. The van der Waals surface area contributed by atoms with Gasteiger partial charge in [-0.25, -0.2) is 9.97 Å². The van der Waals surface area contributed by atoms with E-state index in [2.05, 4.69) is 15.2 Å². The highest BCUT2D eigenvalue weighted by Crippen LogP contribution is 2.27. The summed E-state index contributed by atoms with van der Waals surface area (Å²) in [6.45, 7) is 3.20. The summed E-state index contributed by atoms with van der Waals surface area (Å²) in [7, 11) is 0. The Kier molecular flexibility index (Phi) is 6.90. The summed E-state index contributed by atoms with van der Waals surface area (Å²) in [5, 5.41) is 3.84. The maximum absolute atomic E-state index is 12.3. The number of nitrogens with one attached hydrogen (secondary N) is 1. The van der Waals surface area contributed by atoms with Crippen LogP contribution < -0.4 is 10.2 Å². The van der Waals surface area contributed by atoms with Gasteiger partial charge in [0, 0.05) is 60.1 Å². The number of carbonyl (C=O) groups is 1. The van der Waals surface area contributed by atoms with Crippen molar-refractivity contribution in [1.82, 2.24) is 15.3 Å². The van der Waals surface area contributed by atoms with Gasteiger partial charge in [-0.05, 0) is 49.6 Å². The Balaban J connectivity index is 1.27. The maximum atomic E-state index is 12.3. The molecule has 2 aliphatic heterocycles. The van der Waals surface area contributed by atoms with E-state index in [9.17, 15) is 4.79 Å². The number of aromatic nitrogens is 2. The fourth-order valence-corrected chi connectivity index (χ4v) is 4.58. The third kappa shape index (κ3) is 5.62. The predicted molar refractivity (Wildman–Crippen MR) is 116 cm³/mol. The quantitative estimate of drug-likeness (QED) is 0.704. The number of ether oxygens (including phenoxy) is 1. The van der Waals surface area contributed by atoms with Gasteiger partial charge in [0.1, 0.15) is 0 Å². The fourth-order valence-electron chi connectivity index (χ4n) is 3.74. The molecule has 1 unspecified atom stereocenters. The molecular formula is C21H25ClN4O2S. The lowest BCUT2D eigenvalue weighted by molar-refractivity contribution is -0.119. The zero-order valence-corrected chi connectivity index (χ0v) is 17.8. The highest BCUT2D eigenvalue weighted by atomic mass is 35.5. The number of rotatable bonds is 6. The normalized spacial score (nSPS) is 20.0. The third-order valence-electron chi connectivity index (χ3n) is 5.32. The number of anilines is 1. The average molecular weight is 433 g/mol. The molecule has 4 rings (SSSR count). The minimum atomic E-state index is 0.0497. The van der Waals surface area contributed by atoms with Crippen LogP contribution >= 0.6 is 23.4 Å². The number of carbonyl (C=O) groups excluding carboxylic acids is 1. The highest BCUT2D eigenvalue weighted by molar-refractivity contribution is 8.00. The Morgan fingerprint density at radius 2 is 2.00 bits per heavy atom. The second-order valence-corrected chi connectivity index (χ2v) is 8.90. The molecule has 29 heavy (non-hydrogen) atoms. The molecule has 0 spiro atoms. The number of nitrogens with zero attached hydrogens (tertiary/aromatic N) is 3. The maximum Gasteiger partial charge on any atom is 0.230 e. The Labute approximate surface area is 180 Å². The number of thioether (sulfide) groups is 1. The molecule has 1 aromatic heterocycles. The molecular weight excluding hydrogens is 408 g/mol. The van der Waals surface area contributed by atoms with Crippen LogP contribution in [0, 0.1) is 0 Å². The molecule has 154 valence electrons. The van der Waals surface area contributed by atoms with Gasteiger partial charge in [0.25, 0.3) is 0 Å². The zero-order chi connectivity index (χ0) is 20.1. The average Bonchev–Trinajstić information content (AvgIpc) is 3.22. The van der Waals surface area contributed by atoms with Crippen molar-refractivity contribution < 1.29 is 9.53 Å². The van der Waals surface area contributed by atoms with E-state index in [0.717, 1.165) is 62.1 Å². The standard InChI is InChI=1S/C21H25ClN4O2S/c22-16-1-3-18(4-2-16)29-14-20(27)24-17-6-10-26(13-17)21-23-9-5-19(25-21)15-7-11-28-12-8-15/h1-5,9,15,17H,6-8,10-14H2,(H,24,27). The van der Waals surface area contributed by atoms with Gasteiger partial charge in [0.15, 0.2) is 0 Å². The highest BCUT2D eigenvalue weighted by Gasteiger charge is 2.26. The van der Waals surface area contributed by atoms with E-state index < -0.39 is 0 Å². The molecule has 3 heterocycles. The Bertz CT molecular complexity index is 830. The molecule has 1 amide bonds. The van der Waals surface area contributed by atoms with Gasteiger partial charge in [0.2, 0.25) is 11.9 Å². The number of hydrogen-bond acceptors (Lipinski definition) is 6. The van der Waals surface area contributed by atoms with Crippen molar-refractivity contribution in [2.75, 3.05) is 37.0 Å². The van der Waals surface area contributed by atoms with Gasteiger partial charge < -0.3 is 15.0 Å². The van der Waals surface area contributed by atoms with E-state index >= 15 is 0 Å². The van der Waals surface area contributed by atoms with Crippen LogP contribution in [-0.2, 0) is 9.53 Å². The Morgan fingerprint density at radius 3 is 2.79 bits per heavy atom. The Morgan fingerprint density at radius 1 is 1.21 bits per heavy atom. The molecule has 2 aromatic rings. The van der Waals surface area contributed by atoms with Gasteiger partial charge >= 0.3 is 0 Å². The minimum Gasteiger partial charge on any atom is -0.381 e. The molecule has 2 saturated heterocycles. The van der Waals surface area contributed by atoms with Crippen molar-refractivity contribution >= 4 is 35.2 Å². The summed E-state index contributed by atoms with van der Waals surface area (Å²) in [6.07, 6.45) is 4.78. The molecule has 2 aliphatic rings. The molecule has 0 radical (unpaired) electrons. The number of benzene rings is 1. The first-order valence-electron chi connectivity index (χ1n) is 10.0. The largest absolute Gasteiger partial charge is 0.381 e. The monoisotopic (exact) mass is 432 g/mol. The molecule has 0 bridgehead atoms. The van der Waals surface area contributed by atoms with Crippen molar-refractivity contribution in [2.45, 2.75) is 36.1 Å². The summed E-state index contributed by atoms with van der Waals surface area (Å²) in [6, 6.07) is 9.68. The number of amides is 1. The topological polar surface area (TPSA) is 67.4 Å². The van der Waals surface area contributed by atoms with E-state index in [-0.39, 0.29) is 11.9 Å². The van der Waals surface area contributed by atoms with E-state index in [0.29, 0.717) is 16.7 Å². The van der Waals surface area contributed by atoms with Crippen molar-refractivity contribution in [3.63, 3.8) is 0 Å². The molecule has 2 fully saturated rings. The first-order chi connectivity index (χ1) is 14.2. The zero-order valence-electron chi connectivity index (χ0n) is 16.2. The second kappa shape index (κ2) is 9.78. The van der Waals surface area contributed by atoms with Crippen LogP contribution in [-0.4, -0.2) is 54.0 Å². The van der Waals surface area contributed by atoms with Gasteiger partial charge in [-0.1, -0.05) is 11.6 Å². The third-order valence-corrected chi connectivity index (χ3v) is 6.59. The van der Waals surface area contributed by atoms with E-state index in [1.807, 2.05) is 36.5 Å². The van der Waals surface area contributed by atoms with Crippen LogP contribution in [0.25, 0.3) is 0 Å². The second-order valence-electron chi connectivity index (χ2n) is 7.41. The fraction of sp³-hybridized carbons (Fsp3) is 0.476. The number of halogens is 1. The van der Waals surface area contributed by atoms with Crippen LogP contribution in [0.5, 0.6) is 0 Å². The molecule has 8 heteroatoms. The number of hydrogen-bond donors (Lipinski definition) is 1. The van der Waals surface area contributed by atoms with Gasteiger partial charge in [-0.2, -0.15) is 0 Å². The summed E-state index contributed by atoms with van der Waals surface area (Å²) < 4.78 is 5.45. The van der Waals surface area contributed by atoms with Crippen LogP contribution in [0.15, 0.2) is 41.4 Å². The van der Waals surface area contributed by atoms with Crippen LogP contribution in [0.4, 0.5) is 5.95 Å². The summed E-state index contributed by atoms with van der Waals surface area (Å²) >= 11 is 7.41.